The third-order valence-electron chi connectivity index (χ3n) is 0.407. The highest BCUT2D eigenvalue weighted by molar-refractivity contribution is 8.78. The van der Waals surface area contributed by atoms with Crippen molar-refractivity contribution in [2.45, 2.75) is 0 Å². The minimum atomic E-state index is -0.864. The van der Waals surface area contributed by atoms with Crippen molar-refractivity contribution in [3.05, 3.63) is 9.90 Å². The molecule has 0 spiro atoms. The lowest BCUT2D eigenvalue weighted by molar-refractivity contribution is -0.133. The average Bonchev–Trinajstić information content (AvgIpc) is 1.87. The summed E-state index contributed by atoms with van der Waals surface area (Å²) in [6.07, 6.45) is 0. The predicted octanol–water partition coefficient (Wildman–Crippen LogP) is 2.73. The molecular weight excluding hydrogens is 215 g/mol. The maximum absolute atomic E-state index is 9.94. The first kappa shape index (κ1) is 10.5. The van der Waals surface area contributed by atoms with Gasteiger partial charge in [-0.3, -0.25) is 4.79 Å². The summed E-state index contributed by atoms with van der Waals surface area (Å²) in [5.41, 5.74) is 1.20. The average molecular weight is 219 g/mol. The molecule has 0 aliphatic heterocycles. The van der Waals surface area contributed by atoms with Crippen LogP contribution < -0.4 is 0 Å². The Hall–Kier alpha value is 0.490. The Kier molecular flexibility index (Phi) is 6.52. The molecule has 0 atom stereocenters. The summed E-state index contributed by atoms with van der Waals surface area (Å²) in [6, 6.07) is 0. The van der Waals surface area contributed by atoms with Gasteiger partial charge >= 0.3 is 5.97 Å². The summed E-state index contributed by atoms with van der Waals surface area (Å²) in [5, 5.41) is 8.17. The molecule has 1 N–H and O–H groups in total. The molecule has 0 fully saturated rings. The van der Waals surface area contributed by atoms with Crippen molar-refractivity contribution >= 4 is 50.8 Å². The molecule has 0 amide bonds. The number of rotatable bonds is 4. The van der Waals surface area contributed by atoms with Crippen LogP contribution >= 0.6 is 44.8 Å². The van der Waals surface area contributed by atoms with Crippen molar-refractivity contribution in [1.82, 2.24) is 0 Å². The van der Waals surface area contributed by atoms with Gasteiger partial charge in [-0.1, -0.05) is 34.0 Å². The third-order valence-corrected chi connectivity index (χ3v) is 3.49. The molecule has 0 aromatic rings. The largest absolute Gasteiger partial charge is 0.481 e. The zero-order chi connectivity index (χ0) is 7.98. The van der Waals surface area contributed by atoms with Crippen molar-refractivity contribution < 1.29 is 9.90 Å². The second kappa shape index (κ2) is 6.22. The van der Waals surface area contributed by atoms with Crippen molar-refractivity contribution in [2.24, 2.45) is 0 Å². The number of aliphatic carboxylic acids is 1. The molecule has 0 unspecified atom stereocenters. The molecule has 0 heterocycles. The smallest absolute Gasteiger partial charge is 0.314 e. The van der Waals surface area contributed by atoms with Crippen LogP contribution in [0.3, 0.4) is 0 Å². The molecule has 0 aromatic carbocycles. The Balaban J connectivity index is 3.29. The Bertz CT molecular complexity index is 148. The molecule has 0 rings (SSSR count). The fraction of sp³-hybridized carbons (Fsp3) is 0.250. The van der Waals surface area contributed by atoms with Crippen molar-refractivity contribution in [3.8, 4) is 0 Å². The zero-order valence-electron chi connectivity index (χ0n) is 4.71. The van der Waals surface area contributed by atoms with E-state index in [0.717, 1.165) is 21.6 Å². The highest BCUT2D eigenvalue weighted by atomic mass is 35.5. The maximum Gasteiger partial charge on any atom is 0.314 e. The first-order valence-corrected chi connectivity index (χ1v) is 5.27. The Morgan fingerprint density at radius 1 is 1.70 bits per heavy atom. The normalized spacial score (nSPS) is 11.6. The van der Waals surface area contributed by atoms with Crippen LogP contribution in [0, 0.1) is 0 Å². The fourth-order valence-electron chi connectivity index (χ4n) is 0.154. The van der Waals surface area contributed by atoms with Crippen LogP contribution in [0.5, 0.6) is 0 Å². The molecule has 0 saturated heterocycles. The Morgan fingerprint density at radius 3 is 2.70 bits per heavy atom. The summed E-state index contributed by atoms with van der Waals surface area (Å²) in [5.74, 6) is -0.845. The summed E-state index contributed by atoms with van der Waals surface area (Å²) in [7, 11) is 2.26. The molecule has 0 aromatic heterocycles. The summed E-state index contributed by atoms with van der Waals surface area (Å²) in [6.45, 7) is 0. The first-order chi connectivity index (χ1) is 4.66. The first-order valence-electron chi connectivity index (χ1n) is 2.14. The second-order valence-electron chi connectivity index (χ2n) is 1.15. The fourth-order valence-corrected chi connectivity index (χ4v) is 2.12. The van der Waals surface area contributed by atoms with Crippen LogP contribution in [0.1, 0.15) is 0 Å². The van der Waals surface area contributed by atoms with Gasteiger partial charge in [0.25, 0.3) is 0 Å². The van der Waals surface area contributed by atoms with Crippen molar-refractivity contribution in [1.29, 1.82) is 0 Å². The van der Waals surface area contributed by atoms with Crippen LogP contribution in [-0.4, -0.2) is 16.8 Å². The molecule has 0 radical (unpaired) electrons. The zero-order valence-corrected chi connectivity index (χ0v) is 7.86. The highest BCUT2D eigenvalue weighted by Crippen LogP contribution is 2.32. The van der Waals surface area contributed by atoms with E-state index in [9.17, 15) is 4.79 Å². The quantitative estimate of drug-likeness (QED) is 0.737. The lowest BCUT2D eigenvalue weighted by Crippen LogP contribution is -1.95. The standard InChI is InChI=1S/C4H4Cl2O2S2/c5-1-3(6)10-9-2-4(7)8/h1H,2H2,(H,7,8)/b3-1+. The van der Waals surface area contributed by atoms with E-state index in [1.54, 1.807) is 0 Å². The van der Waals surface area contributed by atoms with Crippen molar-refractivity contribution in [2.75, 3.05) is 5.75 Å². The van der Waals surface area contributed by atoms with Gasteiger partial charge in [0, 0.05) is 5.54 Å². The van der Waals surface area contributed by atoms with Gasteiger partial charge < -0.3 is 5.11 Å². The van der Waals surface area contributed by atoms with Gasteiger partial charge in [-0.15, -0.1) is 0 Å². The van der Waals surface area contributed by atoms with Gasteiger partial charge in [-0.05, 0) is 10.8 Å². The van der Waals surface area contributed by atoms with Crippen molar-refractivity contribution in [3.63, 3.8) is 0 Å². The minimum absolute atomic E-state index is 0.0195. The molecule has 10 heavy (non-hydrogen) atoms. The van der Waals surface area contributed by atoms with Gasteiger partial charge in [0.05, 0.1) is 4.36 Å². The monoisotopic (exact) mass is 218 g/mol. The van der Waals surface area contributed by atoms with E-state index < -0.39 is 5.97 Å². The van der Waals surface area contributed by atoms with Gasteiger partial charge in [0.2, 0.25) is 0 Å². The number of carbonyl (C=O) groups is 1. The maximum atomic E-state index is 9.94. The molecule has 58 valence electrons. The molecule has 6 heteroatoms. The van der Waals surface area contributed by atoms with E-state index in [2.05, 4.69) is 0 Å². The number of hydrogen-bond acceptors (Lipinski definition) is 3. The molecule has 0 aliphatic rings. The lowest BCUT2D eigenvalue weighted by atomic mass is 10.8. The SMILES string of the molecule is O=C(O)CSS/C(Cl)=C/Cl. The Morgan fingerprint density at radius 2 is 2.30 bits per heavy atom. The summed E-state index contributed by atoms with van der Waals surface area (Å²) >= 11 is 10.6. The van der Waals surface area contributed by atoms with E-state index in [0.29, 0.717) is 4.36 Å². The van der Waals surface area contributed by atoms with Gasteiger partial charge in [-0.2, -0.15) is 0 Å². The summed E-state index contributed by atoms with van der Waals surface area (Å²) in [4.78, 5) is 9.94. The van der Waals surface area contributed by atoms with Gasteiger partial charge in [0.15, 0.2) is 0 Å². The van der Waals surface area contributed by atoms with Gasteiger partial charge in [0.1, 0.15) is 5.75 Å². The Labute approximate surface area is 76.4 Å². The minimum Gasteiger partial charge on any atom is -0.481 e. The molecular formula is C4H4Cl2O2S2. The second-order valence-corrected chi connectivity index (χ2v) is 4.34. The molecule has 0 aliphatic carbocycles. The molecule has 2 nitrogen and oxygen atoms in total. The number of halogens is 2. The topological polar surface area (TPSA) is 37.3 Å². The van der Waals surface area contributed by atoms with E-state index >= 15 is 0 Å². The van der Waals surface area contributed by atoms with E-state index in [-0.39, 0.29) is 5.75 Å². The van der Waals surface area contributed by atoms with Crippen LogP contribution in [0.2, 0.25) is 0 Å². The highest BCUT2D eigenvalue weighted by Gasteiger charge is 1.98. The van der Waals surface area contributed by atoms with E-state index in [4.69, 9.17) is 28.3 Å². The van der Waals surface area contributed by atoms with Crippen LogP contribution in [-0.2, 0) is 4.79 Å². The molecule has 0 bridgehead atoms. The van der Waals surface area contributed by atoms with E-state index in [1.165, 1.54) is 5.54 Å². The van der Waals surface area contributed by atoms with Crippen LogP contribution in [0.15, 0.2) is 9.90 Å². The number of carboxylic acids is 1. The number of hydrogen-bond donors (Lipinski definition) is 1. The molecule has 0 saturated carbocycles. The lowest BCUT2D eigenvalue weighted by Gasteiger charge is -1.92. The summed E-state index contributed by atoms with van der Waals surface area (Å²) < 4.78 is 0.382. The third kappa shape index (κ3) is 6.61. The predicted molar refractivity (Wildman–Crippen MR) is 47.5 cm³/mol. The van der Waals surface area contributed by atoms with E-state index in [1.807, 2.05) is 0 Å². The number of carboxylic acid groups (broad SMARTS) is 1. The van der Waals surface area contributed by atoms with Crippen LogP contribution in [0.25, 0.3) is 0 Å². The van der Waals surface area contributed by atoms with Crippen LogP contribution in [0.4, 0.5) is 0 Å². The van der Waals surface area contributed by atoms with Gasteiger partial charge in [-0.25, -0.2) is 0 Å².